The molecule has 0 fully saturated rings. The first-order valence-corrected chi connectivity index (χ1v) is 5.54. The second-order valence-electron chi connectivity index (χ2n) is 3.67. The summed E-state index contributed by atoms with van der Waals surface area (Å²) in [5, 5.41) is 0.0351. The van der Waals surface area contributed by atoms with Crippen LogP contribution in [0.4, 0.5) is 8.78 Å². The molecular weight excluding hydrogens is 234 g/mol. The van der Waals surface area contributed by atoms with Gasteiger partial charge < -0.3 is 11.5 Å². The number of hydrogen-bond acceptors (Lipinski definition) is 2. The van der Waals surface area contributed by atoms with Crippen molar-refractivity contribution in [2.45, 2.75) is 25.3 Å². The molecule has 0 aliphatic heterocycles. The van der Waals surface area contributed by atoms with Gasteiger partial charge in [0, 0.05) is 16.6 Å². The van der Waals surface area contributed by atoms with E-state index in [1.165, 1.54) is 0 Å². The lowest BCUT2D eigenvalue weighted by molar-refractivity contribution is 0.500. The third-order valence-electron chi connectivity index (χ3n) is 2.38. The zero-order valence-electron chi connectivity index (χ0n) is 8.85. The molecule has 0 aliphatic rings. The van der Waals surface area contributed by atoms with E-state index in [1.54, 1.807) is 0 Å². The summed E-state index contributed by atoms with van der Waals surface area (Å²) in [4.78, 5) is 0. The molecule has 0 unspecified atom stereocenters. The molecule has 1 rings (SSSR count). The Balaban J connectivity index is 2.78. The van der Waals surface area contributed by atoms with E-state index in [4.69, 9.17) is 23.1 Å². The van der Waals surface area contributed by atoms with Gasteiger partial charge in [0.25, 0.3) is 0 Å². The predicted molar refractivity (Wildman–Crippen MR) is 61.2 cm³/mol. The molecule has 0 radical (unpaired) electrons. The van der Waals surface area contributed by atoms with Crippen LogP contribution >= 0.6 is 11.6 Å². The molecule has 0 bridgehead atoms. The van der Waals surface area contributed by atoms with E-state index in [-0.39, 0.29) is 10.6 Å². The summed E-state index contributed by atoms with van der Waals surface area (Å²) in [6, 6.07) is 1.50. The van der Waals surface area contributed by atoms with Gasteiger partial charge in [0.15, 0.2) is 0 Å². The van der Waals surface area contributed by atoms with Gasteiger partial charge in [-0.05, 0) is 31.5 Å². The molecule has 90 valence electrons. The van der Waals surface area contributed by atoms with E-state index in [9.17, 15) is 8.78 Å². The second kappa shape index (κ2) is 6.13. The lowest BCUT2D eigenvalue weighted by atomic mass is 10.0. The van der Waals surface area contributed by atoms with Crippen LogP contribution in [0.15, 0.2) is 12.1 Å². The Hall–Kier alpha value is -0.710. The van der Waals surface area contributed by atoms with E-state index in [0.717, 1.165) is 25.0 Å². The smallest absolute Gasteiger partial charge is 0.132 e. The fourth-order valence-corrected chi connectivity index (χ4v) is 1.75. The highest BCUT2D eigenvalue weighted by atomic mass is 35.5. The molecule has 0 aromatic heterocycles. The highest BCUT2D eigenvalue weighted by molar-refractivity contribution is 6.30. The minimum Gasteiger partial charge on any atom is -0.330 e. The fraction of sp³-hybridized carbons (Fsp3) is 0.455. The van der Waals surface area contributed by atoms with Crippen LogP contribution in [-0.4, -0.2) is 6.54 Å². The number of nitrogens with two attached hydrogens (primary N) is 2. The third kappa shape index (κ3) is 3.40. The fourth-order valence-electron chi connectivity index (χ4n) is 1.56. The van der Waals surface area contributed by atoms with E-state index in [1.807, 2.05) is 0 Å². The Morgan fingerprint density at radius 1 is 1.19 bits per heavy atom. The third-order valence-corrected chi connectivity index (χ3v) is 2.60. The van der Waals surface area contributed by atoms with Crippen molar-refractivity contribution in [3.63, 3.8) is 0 Å². The van der Waals surface area contributed by atoms with E-state index < -0.39 is 17.7 Å². The zero-order valence-corrected chi connectivity index (χ0v) is 9.61. The van der Waals surface area contributed by atoms with Crippen LogP contribution in [0.3, 0.4) is 0 Å². The maximum absolute atomic E-state index is 13.4. The maximum Gasteiger partial charge on any atom is 0.132 e. The standard InChI is InChI=1S/C11H15ClF2N2/c12-7-5-8(13)11(9(14)6-7)10(16)3-1-2-4-15/h5-6,10H,1-4,15-16H2/t10-/m1/s1. The summed E-state index contributed by atoms with van der Waals surface area (Å²) in [5.74, 6) is -1.38. The summed E-state index contributed by atoms with van der Waals surface area (Å²) >= 11 is 5.52. The summed E-state index contributed by atoms with van der Waals surface area (Å²) in [7, 11) is 0. The molecule has 4 N–H and O–H groups in total. The topological polar surface area (TPSA) is 52.0 Å². The average molecular weight is 249 g/mol. The van der Waals surface area contributed by atoms with Crippen molar-refractivity contribution in [1.29, 1.82) is 0 Å². The molecule has 1 aromatic rings. The summed E-state index contributed by atoms with van der Waals surface area (Å²) < 4.78 is 26.9. The van der Waals surface area contributed by atoms with Crippen LogP contribution < -0.4 is 11.5 Å². The molecule has 1 aromatic carbocycles. The Bertz CT molecular complexity index is 335. The molecule has 0 amide bonds. The van der Waals surface area contributed by atoms with Crippen molar-refractivity contribution in [1.82, 2.24) is 0 Å². The molecular formula is C11H15ClF2N2. The molecule has 5 heteroatoms. The minimum atomic E-state index is -0.690. The summed E-state index contributed by atoms with van der Waals surface area (Å²) in [6.07, 6.45) is 2.05. The monoisotopic (exact) mass is 248 g/mol. The average Bonchev–Trinajstić information content (AvgIpc) is 2.16. The molecule has 0 spiro atoms. The van der Waals surface area contributed by atoms with Crippen molar-refractivity contribution in [3.05, 3.63) is 34.4 Å². The molecule has 2 nitrogen and oxygen atoms in total. The quantitative estimate of drug-likeness (QED) is 0.788. The second-order valence-corrected chi connectivity index (χ2v) is 4.11. The Morgan fingerprint density at radius 2 is 1.75 bits per heavy atom. The molecule has 0 heterocycles. The van der Waals surface area contributed by atoms with Crippen LogP contribution in [0.1, 0.15) is 30.9 Å². The number of rotatable bonds is 5. The highest BCUT2D eigenvalue weighted by Gasteiger charge is 2.17. The molecule has 1 atom stereocenters. The van der Waals surface area contributed by atoms with Gasteiger partial charge in [-0.3, -0.25) is 0 Å². The lowest BCUT2D eigenvalue weighted by Gasteiger charge is -2.13. The Kier molecular flexibility index (Phi) is 5.12. The largest absolute Gasteiger partial charge is 0.330 e. The number of halogens is 3. The van der Waals surface area contributed by atoms with E-state index >= 15 is 0 Å². The molecule has 0 saturated carbocycles. The minimum absolute atomic E-state index is 0.0351. The Labute approximate surface area is 98.6 Å². The highest BCUT2D eigenvalue weighted by Crippen LogP contribution is 2.26. The Morgan fingerprint density at radius 3 is 2.25 bits per heavy atom. The van der Waals surface area contributed by atoms with Crippen LogP contribution in [0.25, 0.3) is 0 Å². The van der Waals surface area contributed by atoms with Gasteiger partial charge in [0.2, 0.25) is 0 Å². The van der Waals surface area contributed by atoms with Crippen molar-refractivity contribution in [2.75, 3.05) is 6.54 Å². The van der Waals surface area contributed by atoms with Crippen molar-refractivity contribution in [3.8, 4) is 0 Å². The summed E-state index contributed by atoms with van der Waals surface area (Å²) in [5.41, 5.74) is 11.0. The van der Waals surface area contributed by atoms with Gasteiger partial charge in [0.05, 0.1) is 0 Å². The van der Waals surface area contributed by atoms with Crippen LogP contribution in [-0.2, 0) is 0 Å². The first kappa shape index (κ1) is 13.4. The van der Waals surface area contributed by atoms with Gasteiger partial charge in [-0.15, -0.1) is 0 Å². The maximum atomic E-state index is 13.4. The van der Waals surface area contributed by atoms with Gasteiger partial charge in [-0.2, -0.15) is 0 Å². The first-order chi connectivity index (χ1) is 7.56. The van der Waals surface area contributed by atoms with Gasteiger partial charge in [-0.1, -0.05) is 18.0 Å². The van der Waals surface area contributed by atoms with Crippen LogP contribution in [0.2, 0.25) is 5.02 Å². The summed E-state index contributed by atoms with van der Waals surface area (Å²) in [6.45, 7) is 0.554. The van der Waals surface area contributed by atoms with Crippen molar-refractivity contribution in [2.24, 2.45) is 11.5 Å². The van der Waals surface area contributed by atoms with Crippen molar-refractivity contribution < 1.29 is 8.78 Å². The molecule has 0 saturated heterocycles. The first-order valence-electron chi connectivity index (χ1n) is 5.16. The SMILES string of the molecule is NCCCC[C@@H](N)c1c(F)cc(Cl)cc1F. The predicted octanol–water partition coefficient (Wildman–Crippen LogP) is 2.75. The molecule has 0 aliphatic carbocycles. The molecule has 16 heavy (non-hydrogen) atoms. The van der Waals surface area contributed by atoms with Gasteiger partial charge >= 0.3 is 0 Å². The van der Waals surface area contributed by atoms with E-state index in [0.29, 0.717) is 13.0 Å². The van der Waals surface area contributed by atoms with Crippen LogP contribution in [0.5, 0.6) is 0 Å². The number of benzene rings is 1. The normalized spacial score (nSPS) is 12.8. The van der Waals surface area contributed by atoms with Crippen molar-refractivity contribution >= 4 is 11.6 Å². The number of unbranched alkanes of at least 4 members (excludes halogenated alkanes) is 1. The van der Waals surface area contributed by atoms with Crippen LogP contribution in [0, 0.1) is 11.6 Å². The zero-order chi connectivity index (χ0) is 12.1. The lowest BCUT2D eigenvalue weighted by Crippen LogP contribution is -2.15. The van der Waals surface area contributed by atoms with Gasteiger partial charge in [-0.25, -0.2) is 8.78 Å². The van der Waals surface area contributed by atoms with E-state index in [2.05, 4.69) is 0 Å². The number of hydrogen-bond donors (Lipinski definition) is 2. The van der Waals surface area contributed by atoms with Gasteiger partial charge in [0.1, 0.15) is 11.6 Å².